The number of likely N-dealkylation sites (N-methyl/N-ethyl adjacent to an activating group) is 1. The molecule has 7 nitrogen and oxygen atoms in total. The summed E-state index contributed by atoms with van der Waals surface area (Å²) < 4.78 is 1.01. The number of benzene rings is 2. The number of hydrogen-bond acceptors (Lipinski definition) is 6. The Balaban J connectivity index is 1.49. The molecule has 1 fully saturated rings. The minimum Gasteiger partial charge on any atom is -0.340 e. The number of piperazine rings is 1. The summed E-state index contributed by atoms with van der Waals surface area (Å²) in [4.78, 5) is 25.7. The van der Waals surface area contributed by atoms with Crippen molar-refractivity contribution in [2.45, 2.75) is 0 Å². The van der Waals surface area contributed by atoms with Gasteiger partial charge in [-0.15, -0.1) is 0 Å². The SMILES string of the molecule is CN1CCN(CC(=O)Nc2ccc3ncnc(Nc4ccc(Br)cc4)c3c2)CC1. The molecular weight excluding hydrogens is 432 g/mol. The maximum Gasteiger partial charge on any atom is 0.238 e. The van der Waals surface area contributed by atoms with Crippen molar-refractivity contribution in [2.24, 2.45) is 0 Å². The fraction of sp³-hybridized carbons (Fsp3) is 0.286. The first kappa shape index (κ1) is 19.8. The van der Waals surface area contributed by atoms with Gasteiger partial charge in [-0.25, -0.2) is 9.97 Å². The van der Waals surface area contributed by atoms with E-state index in [4.69, 9.17) is 0 Å². The van der Waals surface area contributed by atoms with Crippen LogP contribution < -0.4 is 10.6 Å². The van der Waals surface area contributed by atoms with Crippen LogP contribution in [0.25, 0.3) is 10.9 Å². The standard InChI is InChI=1S/C21H23BrN6O/c1-27-8-10-28(11-9-27)13-20(29)25-17-6-7-19-18(12-17)21(24-14-23-19)26-16-4-2-15(22)3-5-16/h2-7,12,14H,8-11,13H2,1H3,(H,25,29)(H,23,24,26). The van der Waals surface area contributed by atoms with Crippen LogP contribution >= 0.6 is 15.9 Å². The van der Waals surface area contributed by atoms with E-state index in [1.54, 1.807) is 0 Å². The molecule has 2 heterocycles. The fourth-order valence-corrected chi connectivity index (χ4v) is 3.58. The highest BCUT2D eigenvalue weighted by atomic mass is 79.9. The predicted molar refractivity (Wildman–Crippen MR) is 120 cm³/mol. The topological polar surface area (TPSA) is 73.4 Å². The fourth-order valence-electron chi connectivity index (χ4n) is 3.31. The van der Waals surface area contributed by atoms with Crippen LogP contribution in [0.15, 0.2) is 53.3 Å². The average molecular weight is 455 g/mol. The zero-order valence-electron chi connectivity index (χ0n) is 16.2. The minimum absolute atomic E-state index is 0.00632. The van der Waals surface area contributed by atoms with Gasteiger partial charge in [0.1, 0.15) is 12.1 Å². The molecular formula is C21H23BrN6O. The van der Waals surface area contributed by atoms with Gasteiger partial charge in [0.2, 0.25) is 5.91 Å². The Bertz CT molecular complexity index is 1000. The molecule has 1 amide bonds. The number of nitrogens with one attached hydrogen (secondary N) is 2. The Kier molecular flexibility index (Phi) is 6.03. The van der Waals surface area contributed by atoms with Crippen molar-refractivity contribution < 1.29 is 4.79 Å². The number of anilines is 3. The van der Waals surface area contributed by atoms with Crippen LogP contribution in [0.1, 0.15) is 0 Å². The summed E-state index contributed by atoms with van der Waals surface area (Å²) in [6, 6.07) is 13.6. The molecule has 3 aromatic rings. The molecule has 0 unspecified atom stereocenters. The zero-order chi connectivity index (χ0) is 20.2. The summed E-state index contributed by atoms with van der Waals surface area (Å²) in [5.41, 5.74) is 2.49. The molecule has 0 spiro atoms. The molecule has 0 atom stereocenters. The monoisotopic (exact) mass is 454 g/mol. The van der Waals surface area contributed by atoms with E-state index in [1.165, 1.54) is 6.33 Å². The van der Waals surface area contributed by atoms with Gasteiger partial charge in [-0.3, -0.25) is 9.69 Å². The van der Waals surface area contributed by atoms with Gasteiger partial charge in [0.25, 0.3) is 0 Å². The quantitative estimate of drug-likeness (QED) is 0.615. The number of carbonyl (C=O) groups is 1. The zero-order valence-corrected chi connectivity index (χ0v) is 17.8. The Labute approximate surface area is 178 Å². The lowest BCUT2D eigenvalue weighted by Gasteiger charge is -2.31. The molecule has 1 aromatic heterocycles. The minimum atomic E-state index is -0.00632. The second kappa shape index (κ2) is 8.86. The maximum absolute atomic E-state index is 12.5. The number of nitrogens with zero attached hydrogens (tertiary/aromatic N) is 4. The van der Waals surface area contributed by atoms with E-state index in [0.717, 1.165) is 52.9 Å². The molecule has 2 N–H and O–H groups in total. The molecule has 29 heavy (non-hydrogen) atoms. The van der Waals surface area contributed by atoms with Crippen LogP contribution in [0, 0.1) is 0 Å². The highest BCUT2D eigenvalue weighted by Crippen LogP contribution is 2.26. The number of aromatic nitrogens is 2. The summed E-state index contributed by atoms with van der Waals surface area (Å²) in [5.74, 6) is 0.695. The Hall–Kier alpha value is -2.55. The Morgan fingerprint density at radius 3 is 2.52 bits per heavy atom. The summed E-state index contributed by atoms with van der Waals surface area (Å²) in [7, 11) is 2.11. The number of fused-ring (bicyclic) bond motifs is 1. The smallest absolute Gasteiger partial charge is 0.238 e. The van der Waals surface area contributed by atoms with Crippen molar-refractivity contribution in [3.05, 3.63) is 53.3 Å². The molecule has 1 aliphatic heterocycles. The average Bonchev–Trinajstić information content (AvgIpc) is 2.72. The van der Waals surface area contributed by atoms with E-state index in [1.807, 2.05) is 42.5 Å². The summed E-state index contributed by atoms with van der Waals surface area (Å²) in [5, 5.41) is 7.19. The first-order valence-corrected chi connectivity index (χ1v) is 10.3. The number of amides is 1. The molecule has 0 saturated carbocycles. The second-order valence-electron chi connectivity index (χ2n) is 7.21. The molecule has 4 rings (SSSR count). The third-order valence-electron chi connectivity index (χ3n) is 4.99. The van der Waals surface area contributed by atoms with Crippen LogP contribution in [0.5, 0.6) is 0 Å². The van der Waals surface area contributed by atoms with E-state index >= 15 is 0 Å². The number of carbonyl (C=O) groups excluding carboxylic acids is 1. The van der Waals surface area contributed by atoms with Crippen molar-refractivity contribution in [2.75, 3.05) is 50.4 Å². The molecule has 0 radical (unpaired) electrons. The third kappa shape index (κ3) is 5.09. The molecule has 1 aliphatic rings. The lowest BCUT2D eigenvalue weighted by molar-refractivity contribution is -0.117. The van der Waals surface area contributed by atoms with Gasteiger partial charge in [-0.2, -0.15) is 0 Å². The van der Waals surface area contributed by atoms with Crippen molar-refractivity contribution in [3.63, 3.8) is 0 Å². The lowest BCUT2D eigenvalue weighted by Crippen LogP contribution is -2.47. The summed E-state index contributed by atoms with van der Waals surface area (Å²) in [6.45, 7) is 4.21. The van der Waals surface area contributed by atoms with Crippen LogP contribution in [0.2, 0.25) is 0 Å². The number of rotatable bonds is 5. The number of halogens is 1. The summed E-state index contributed by atoms with van der Waals surface area (Å²) in [6.07, 6.45) is 1.54. The molecule has 0 aliphatic carbocycles. The van der Waals surface area contributed by atoms with Crippen molar-refractivity contribution in [1.82, 2.24) is 19.8 Å². The van der Waals surface area contributed by atoms with Crippen molar-refractivity contribution in [1.29, 1.82) is 0 Å². The highest BCUT2D eigenvalue weighted by molar-refractivity contribution is 9.10. The lowest BCUT2D eigenvalue weighted by atomic mass is 10.2. The summed E-state index contributed by atoms with van der Waals surface area (Å²) >= 11 is 3.44. The van der Waals surface area contributed by atoms with Gasteiger partial charge in [-0.05, 0) is 49.5 Å². The van der Waals surface area contributed by atoms with Crippen LogP contribution in [-0.4, -0.2) is 65.4 Å². The first-order valence-electron chi connectivity index (χ1n) is 9.55. The largest absolute Gasteiger partial charge is 0.340 e. The van der Waals surface area contributed by atoms with Crippen molar-refractivity contribution >= 4 is 49.9 Å². The second-order valence-corrected chi connectivity index (χ2v) is 8.13. The van der Waals surface area contributed by atoms with E-state index in [2.05, 4.69) is 53.4 Å². The van der Waals surface area contributed by atoms with Crippen LogP contribution in [0.3, 0.4) is 0 Å². The molecule has 8 heteroatoms. The normalized spacial score (nSPS) is 15.4. The van der Waals surface area contributed by atoms with E-state index < -0.39 is 0 Å². The molecule has 1 saturated heterocycles. The van der Waals surface area contributed by atoms with Gasteiger partial charge in [0.15, 0.2) is 0 Å². The van der Waals surface area contributed by atoms with Gasteiger partial charge >= 0.3 is 0 Å². The molecule has 0 bridgehead atoms. The maximum atomic E-state index is 12.5. The van der Waals surface area contributed by atoms with E-state index in [-0.39, 0.29) is 5.91 Å². The third-order valence-corrected chi connectivity index (χ3v) is 5.52. The Morgan fingerprint density at radius 2 is 1.76 bits per heavy atom. The van der Waals surface area contributed by atoms with E-state index in [9.17, 15) is 4.79 Å². The molecule has 2 aromatic carbocycles. The van der Waals surface area contributed by atoms with Gasteiger partial charge in [-0.1, -0.05) is 15.9 Å². The Morgan fingerprint density at radius 1 is 1.03 bits per heavy atom. The van der Waals surface area contributed by atoms with Gasteiger partial charge in [0, 0.05) is 47.4 Å². The molecule has 150 valence electrons. The van der Waals surface area contributed by atoms with E-state index in [0.29, 0.717) is 12.4 Å². The van der Waals surface area contributed by atoms with Gasteiger partial charge < -0.3 is 15.5 Å². The first-order chi connectivity index (χ1) is 14.1. The van der Waals surface area contributed by atoms with Crippen molar-refractivity contribution in [3.8, 4) is 0 Å². The predicted octanol–water partition coefficient (Wildman–Crippen LogP) is 3.32. The van der Waals surface area contributed by atoms with Crippen LogP contribution in [0.4, 0.5) is 17.2 Å². The highest BCUT2D eigenvalue weighted by Gasteiger charge is 2.16. The van der Waals surface area contributed by atoms with Crippen LogP contribution in [-0.2, 0) is 4.79 Å². The van der Waals surface area contributed by atoms with Gasteiger partial charge in [0.05, 0.1) is 12.1 Å². The number of hydrogen-bond donors (Lipinski definition) is 2.